The van der Waals surface area contributed by atoms with E-state index >= 15 is 0 Å². The summed E-state index contributed by atoms with van der Waals surface area (Å²) in [6, 6.07) is 5.71. The molecule has 0 aromatic heterocycles. The largest absolute Gasteiger partial charge is 0.381 e. The molecule has 1 heterocycles. The molecule has 0 aliphatic carbocycles. The summed E-state index contributed by atoms with van der Waals surface area (Å²) >= 11 is 3.44. The Hall–Kier alpha value is -0.620. The van der Waals surface area contributed by atoms with Crippen LogP contribution in [-0.2, 0) is 9.53 Å². The van der Waals surface area contributed by atoms with Gasteiger partial charge in [0.2, 0.25) is 5.91 Å². The van der Waals surface area contributed by atoms with Crippen molar-refractivity contribution < 1.29 is 9.53 Å². The summed E-state index contributed by atoms with van der Waals surface area (Å²) in [7, 11) is 0. The Morgan fingerprint density at radius 3 is 2.63 bits per heavy atom. The second-order valence-electron chi connectivity index (χ2n) is 4.69. The van der Waals surface area contributed by atoms with Gasteiger partial charge in [0.15, 0.2) is 0 Å². The van der Waals surface area contributed by atoms with Crippen LogP contribution in [0.4, 0.5) is 5.69 Å². The smallest absolute Gasteiger partial charge is 0.244 e. The number of carbonyl (C=O) groups excluding carboxylic acids is 1. The van der Waals surface area contributed by atoms with Crippen LogP contribution in [0.5, 0.6) is 0 Å². The molecule has 1 aromatic carbocycles. The minimum Gasteiger partial charge on any atom is -0.381 e. The maximum absolute atomic E-state index is 12.2. The lowest BCUT2D eigenvalue weighted by atomic mass is 9.90. The van der Waals surface area contributed by atoms with Gasteiger partial charge in [-0.1, -0.05) is 22.0 Å². The highest BCUT2D eigenvalue weighted by molar-refractivity contribution is 9.10. The Morgan fingerprint density at radius 2 is 2.05 bits per heavy atom. The summed E-state index contributed by atoms with van der Waals surface area (Å²) in [5.74, 6) is -0.137. The summed E-state index contributed by atoms with van der Waals surface area (Å²) in [5, 5.41) is 2.87. The number of nitrogens with one attached hydrogen (secondary N) is 1. The highest BCUT2D eigenvalue weighted by atomic mass is 79.9. The fraction of sp³-hybridized carbons (Fsp3) is 0.462. The van der Waals surface area contributed by atoms with Crippen molar-refractivity contribution in [1.82, 2.24) is 0 Å². The first kappa shape index (κ1) is 16.4. The van der Waals surface area contributed by atoms with E-state index in [0.29, 0.717) is 26.1 Å². The quantitative estimate of drug-likeness (QED) is 0.862. The zero-order valence-corrected chi connectivity index (χ0v) is 13.1. The standard InChI is InChI=1S/C13H17BrN2O2.ClH/c1-9-2-3-10(8-11(9)14)16-12(17)13(15)4-6-18-7-5-13;/h2-3,8H,4-7,15H2,1H3,(H,16,17);1H. The number of amides is 1. The van der Waals surface area contributed by atoms with Crippen molar-refractivity contribution in [3.05, 3.63) is 28.2 Å². The van der Waals surface area contributed by atoms with Gasteiger partial charge in [0.1, 0.15) is 5.54 Å². The lowest BCUT2D eigenvalue weighted by molar-refractivity contribution is -0.124. The average Bonchev–Trinajstić information content (AvgIpc) is 2.35. The van der Waals surface area contributed by atoms with Gasteiger partial charge >= 0.3 is 0 Å². The molecule has 4 nitrogen and oxygen atoms in total. The zero-order valence-electron chi connectivity index (χ0n) is 10.7. The number of anilines is 1. The summed E-state index contributed by atoms with van der Waals surface area (Å²) in [6.07, 6.45) is 1.12. The van der Waals surface area contributed by atoms with Gasteiger partial charge in [-0.25, -0.2) is 0 Å². The number of benzene rings is 1. The van der Waals surface area contributed by atoms with Crippen LogP contribution in [0.15, 0.2) is 22.7 Å². The minimum absolute atomic E-state index is 0. The van der Waals surface area contributed by atoms with E-state index in [2.05, 4.69) is 21.2 Å². The van der Waals surface area contributed by atoms with Gasteiger partial charge in [0, 0.05) is 23.4 Å². The number of nitrogens with two attached hydrogens (primary N) is 1. The van der Waals surface area contributed by atoms with E-state index in [0.717, 1.165) is 15.7 Å². The van der Waals surface area contributed by atoms with Gasteiger partial charge in [-0.05, 0) is 37.5 Å². The molecule has 19 heavy (non-hydrogen) atoms. The molecule has 1 aliphatic rings. The maximum atomic E-state index is 12.2. The van der Waals surface area contributed by atoms with Crippen LogP contribution in [0, 0.1) is 6.92 Å². The number of hydrogen-bond donors (Lipinski definition) is 2. The molecular weight excluding hydrogens is 332 g/mol. The average molecular weight is 350 g/mol. The van der Waals surface area contributed by atoms with Crippen LogP contribution < -0.4 is 11.1 Å². The lowest BCUT2D eigenvalue weighted by Gasteiger charge is -2.31. The molecule has 2 rings (SSSR count). The zero-order chi connectivity index (χ0) is 13.2. The van der Waals surface area contributed by atoms with E-state index in [1.807, 2.05) is 25.1 Å². The topological polar surface area (TPSA) is 64.4 Å². The van der Waals surface area contributed by atoms with Crippen molar-refractivity contribution in [3.63, 3.8) is 0 Å². The van der Waals surface area contributed by atoms with E-state index in [1.165, 1.54) is 0 Å². The summed E-state index contributed by atoms with van der Waals surface area (Å²) in [4.78, 5) is 12.2. The van der Waals surface area contributed by atoms with E-state index in [9.17, 15) is 4.79 Å². The second-order valence-corrected chi connectivity index (χ2v) is 5.54. The molecule has 0 bridgehead atoms. The first-order valence-electron chi connectivity index (χ1n) is 5.95. The third kappa shape index (κ3) is 3.92. The van der Waals surface area contributed by atoms with Gasteiger partial charge in [-0.2, -0.15) is 0 Å². The van der Waals surface area contributed by atoms with Gasteiger partial charge in [-0.15, -0.1) is 12.4 Å². The fourth-order valence-corrected chi connectivity index (χ4v) is 2.27. The van der Waals surface area contributed by atoms with Crippen LogP contribution in [0.2, 0.25) is 0 Å². The Balaban J connectivity index is 0.00000180. The molecule has 1 aromatic rings. The van der Waals surface area contributed by atoms with Crippen molar-refractivity contribution in [1.29, 1.82) is 0 Å². The maximum Gasteiger partial charge on any atom is 0.244 e. The molecule has 1 saturated heterocycles. The second kappa shape index (κ2) is 6.70. The molecule has 0 saturated carbocycles. The third-order valence-corrected chi connectivity index (χ3v) is 4.12. The van der Waals surface area contributed by atoms with E-state index < -0.39 is 5.54 Å². The van der Waals surface area contributed by atoms with Gasteiger partial charge in [-0.3, -0.25) is 4.79 Å². The van der Waals surface area contributed by atoms with Crippen molar-refractivity contribution in [2.24, 2.45) is 5.73 Å². The van der Waals surface area contributed by atoms with Crippen molar-refractivity contribution >= 4 is 39.9 Å². The molecule has 0 radical (unpaired) electrons. The van der Waals surface area contributed by atoms with Crippen LogP contribution in [0.25, 0.3) is 0 Å². The lowest BCUT2D eigenvalue weighted by Crippen LogP contribution is -2.54. The molecule has 3 N–H and O–H groups in total. The van der Waals surface area contributed by atoms with Gasteiger partial charge in [0.25, 0.3) is 0 Å². The van der Waals surface area contributed by atoms with E-state index in [4.69, 9.17) is 10.5 Å². The minimum atomic E-state index is -0.810. The number of carbonyl (C=O) groups is 1. The molecule has 0 spiro atoms. The number of ether oxygens (including phenoxy) is 1. The molecule has 1 fully saturated rings. The summed E-state index contributed by atoms with van der Waals surface area (Å²) in [6.45, 7) is 3.08. The third-order valence-electron chi connectivity index (χ3n) is 3.27. The SMILES string of the molecule is Cc1ccc(NC(=O)C2(N)CCOCC2)cc1Br.Cl. The van der Waals surface area contributed by atoms with E-state index in [-0.39, 0.29) is 18.3 Å². The molecule has 106 valence electrons. The summed E-state index contributed by atoms with van der Waals surface area (Å²) < 4.78 is 6.20. The predicted molar refractivity (Wildman–Crippen MR) is 81.7 cm³/mol. The molecule has 1 aliphatic heterocycles. The van der Waals surface area contributed by atoms with Crippen LogP contribution in [0.1, 0.15) is 18.4 Å². The Morgan fingerprint density at radius 1 is 1.42 bits per heavy atom. The number of halogens is 2. The van der Waals surface area contributed by atoms with Gasteiger partial charge < -0.3 is 15.8 Å². The molecule has 0 atom stereocenters. The first-order valence-corrected chi connectivity index (χ1v) is 6.75. The predicted octanol–water partition coefficient (Wildman–Crippen LogP) is 2.63. The number of rotatable bonds is 2. The fourth-order valence-electron chi connectivity index (χ4n) is 1.89. The van der Waals surface area contributed by atoms with E-state index in [1.54, 1.807) is 0 Å². The van der Waals surface area contributed by atoms with Crippen LogP contribution >= 0.6 is 28.3 Å². The highest BCUT2D eigenvalue weighted by Gasteiger charge is 2.35. The first-order chi connectivity index (χ1) is 8.51. The Bertz CT molecular complexity index is 462. The highest BCUT2D eigenvalue weighted by Crippen LogP contribution is 2.23. The van der Waals surface area contributed by atoms with Gasteiger partial charge in [0.05, 0.1) is 0 Å². The van der Waals surface area contributed by atoms with Crippen LogP contribution in [0.3, 0.4) is 0 Å². The molecular formula is C13H18BrClN2O2. The van der Waals surface area contributed by atoms with Crippen molar-refractivity contribution in [2.75, 3.05) is 18.5 Å². The van der Waals surface area contributed by atoms with Crippen molar-refractivity contribution in [3.8, 4) is 0 Å². The van der Waals surface area contributed by atoms with Crippen molar-refractivity contribution in [2.45, 2.75) is 25.3 Å². The Kier molecular flexibility index (Phi) is 5.80. The Labute approximate surface area is 127 Å². The number of aryl methyl sites for hydroxylation is 1. The monoisotopic (exact) mass is 348 g/mol. The van der Waals surface area contributed by atoms with Crippen LogP contribution in [-0.4, -0.2) is 24.7 Å². The molecule has 1 amide bonds. The normalized spacial score (nSPS) is 17.4. The molecule has 0 unspecified atom stereocenters. The molecule has 6 heteroatoms. The number of hydrogen-bond acceptors (Lipinski definition) is 3. The summed E-state index contributed by atoms with van der Waals surface area (Å²) in [5.41, 5.74) is 7.19.